The van der Waals surface area contributed by atoms with E-state index in [1.165, 1.54) is 0 Å². The third-order valence-electron chi connectivity index (χ3n) is 4.46. The van der Waals surface area contributed by atoms with E-state index in [9.17, 15) is 19.6 Å². The lowest BCUT2D eigenvalue weighted by Crippen LogP contribution is -2.54. The number of hydrogen-bond donors (Lipinski definition) is 6. The highest BCUT2D eigenvalue weighted by Gasteiger charge is 2.29. The van der Waals surface area contributed by atoms with Crippen LogP contribution in [0.5, 0.6) is 0 Å². The maximum absolute atomic E-state index is 12.8. The zero-order chi connectivity index (χ0) is 22.5. The second-order valence-electron chi connectivity index (χ2n) is 7.54. The maximum atomic E-state index is 12.8. The molecule has 0 saturated heterocycles. The Kier molecular flexibility index (Phi) is 12.1. The first-order valence-corrected chi connectivity index (χ1v) is 11.0. The molecule has 30 heavy (non-hydrogen) atoms. The Labute approximate surface area is 182 Å². The van der Waals surface area contributed by atoms with Gasteiger partial charge in [-0.2, -0.15) is 0 Å². The third kappa shape index (κ3) is 10.6. The van der Waals surface area contributed by atoms with Gasteiger partial charge in [-0.25, -0.2) is 0 Å². The van der Waals surface area contributed by atoms with Gasteiger partial charge in [-0.3, -0.25) is 14.6 Å². The van der Waals surface area contributed by atoms with Crippen LogP contribution in [0.2, 0.25) is 0 Å². The van der Waals surface area contributed by atoms with Gasteiger partial charge in [-0.15, -0.1) is 11.3 Å². The molecule has 0 saturated carbocycles. The summed E-state index contributed by atoms with van der Waals surface area (Å²) in [5.74, 6) is -0.997. The number of aryl methyl sites for hydroxylation is 1. The van der Waals surface area contributed by atoms with Gasteiger partial charge in [0.15, 0.2) is 5.96 Å². The standard InChI is InChI=1S/C19H34BN5O4S/c1-13(2)12-16(20(28)29)25-18(27)15(7-4-10-23-19(21)22-3)24-17(26)9-8-14-6-5-11-30-14/h5-6,11,13,15-16,28-29H,4,7-10,12H2,1-3H3,(H,24,26)(H,25,27)(H3,21,22,23)/t15-,16-/m0/s1. The third-order valence-corrected chi connectivity index (χ3v) is 5.40. The van der Waals surface area contributed by atoms with Crippen molar-refractivity contribution in [2.45, 2.75) is 57.9 Å². The van der Waals surface area contributed by atoms with Crippen molar-refractivity contribution in [3.8, 4) is 0 Å². The van der Waals surface area contributed by atoms with Crippen LogP contribution in [-0.2, 0) is 16.0 Å². The zero-order valence-corrected chi connectivity index (χ0v) is 18.7. The minimum absolute atomic E-state index is 0.163. The molecular formula is C19H34BN5O4S. The molecule has 0 aromatic carbocycles. The lowest BCUT2D eigenvalue weighted by Gasteiger charge is -2.24. The van der Waals surface area contributed by atoms with Gasteiger partial charge in [0.2, 0.25) is 11.8 Å². The number of carbonyl (C=O) groups is 2. The maximum Gasteiger partial charge on any atom is 0.475 e. The Bertz CT molecular complexity index is 670. The van der Waals surface area contributed by atoms with E-state index >= 15 is 0 Å². The molecule has 0 radical (unpaired) electrons. The van der Waals surface area contributed by atoms with Crippen molar-refractivity contribution in [1.82, 2.24) is 16.0 Å². The smallest absolute Gasteiger partial charge is 0.426 e. The molecule has 1 rings (SSSR count). The summed E-state index contributed by atoms with van der Waals surface area (Å²) in [6.45, 7) is 4.35. The Morgan fingerprint density at radius 2 is 2.03 bits per heavy atom. The van der Waals surface area contributed by atoms with Crippen LogP contribution in [0.25, 0.3) is 0 Å². The summed E-state index contributed by atoms with van der Waals surface area (Å²) in [5, 5.41) is 29.5. The van der Waals surface area contributed by atoms with Crippen LogP contribution in [-0.4, -0.2) is 60.5 Å². The SMILES string of the molecule is CN=C(N)NCCC[C@H](NC(=O)CCc1cccs1)C(=O)N[C@@H](CC(C)C)B(O)O. The molecule has 0 bridgehead atoms. The molecule has 0 aliphatic heterocycles. The van der Waals surface area contributed by atoms with Crippen molar-refractivity contribution in [3.63, 3.8) is 0 Å². The molecule has 0 aliphatic rings. The molecule has 168 valence electrons. The normalized spacial score (nSPS) is 13.6. The quantitative estimate of drug-likeness (QED) is 0.110. The van der Waals surface area contributed by atoms with Gasteiger partial charge in [0.25, 0.3) is 0 Å². The van der Waals surface area contributed by atoms with E-state index in [0.29, 0.717) is 38.2 Å². The van der Waals surface area contributed by atoms with Gasteiger partial charge in [-0.1, -0.05) is 19.9 Å². The molecule has 1 aromatic rings. The number of thiophene rings is 1. The first-order chi connectivity index (χ1) is 14.2. The van der Waals surface area contributed by atoms with Crippen LogP contribution >= 0.6 is 11.3 Å². The second-order valence-corrected chi connectivity index (χ2v) is 8.57. The average molecular weight is 439 g/mol. The van der Waals surface area contributed by atoms with Gasteiger partial charge in [0.1, 0.15) is 6.04 Å². The molecule has 1 heterocycles. The van der Waals surface area contributed by atoms with Crippen molar-refractivity contribution in [1.29, 1.82) is 0 Å². The van der Waals surface area contributed by atoms with Crippen molar-refractivity contribution >= 4 is 36.2 Å². The summed E-state index contributed by atoms with van der Waals surface area (Å²) >= 11 is 1.58. The molecule has 1 aromatic heterocycles. The first-order valence-electron chi connectivity index (χ1n) is 10.2. The lowest BCUT2D eigenvalue weighted by atomic mass is 9.75. The number of rotatable bonds is 13. The summed E-state index contributed by atoms with van der Waals surface area (Å²) in [5.41, 5.74) is 5.60. The van der Waals surface area contributed by atoms with Crippen molar-refractivity contribution in [2.75, 3.05) is 13.6 Å². The highest BCUT2D eigenvalue weighted by atomic mass is 32.1. The number of carbonyl (C=O) groups excluding carboxylic acids is 2. The number of amides is 2. The molecule has 9 nitrogen and oxygen atoms in total. The van der Waals surface area contributed by atoms with E-state index in [0.717, 1.165) is 4.88 Å². The number of guanidine groups is 1. The Balaban J connectivity index is 2.68. The molecule has 7 N–H and O–H groups in total. The van der Waals surface area contributed by atoms with E-state index in [4.69, 9.17) is 5.73 Å². The van der Waals surface area contributed by atoms with Crippen LogP contribution in [0.3, 0.4) is 0 Å². The van der Waals surface area contributed by atoms with Crippen molar-refractivity contribution < 1.29 is 19.6 Å². The van der Waals surface area contributed by atoms with Crippen LogP contribution in [0, 0.1) is 5.92 Å². The molecule has 0 aliphatic carbocycles. The number of hydrogen-bond acceptors (Lipinski definition) is 6. The fraction of sp³-hybridized carbons (Fsp3) is 0.632. The van der Waals surface area contributed by atoms with Gasteiger partial charge in [0.05, 0.1) is 5.94 Å². The predicted molar refractivity (Wildman–Crippen MR) is 121 cm³/mol. The fourth-order valence-electron chi connectivity index (χ4n) is 2.87. The highest BCUT2D eigenvalue weighted by molar-refractivity contribution is 7.09. The number of nitrogens with two attached hydrogens (primary N) is 1. The number of aliphatic imine (C=N–C) groups is 1. The summed E-state index contributed by atoms with van der Waals surface area (Å²) in [6, 6.07) is 3.12. The van der Waals surface area contributed by atoms with E-state index in [1.807, 2.05) is 31.4 Å². The zero-order valence-electron chi connectivity index (χ0n) is 17.9. The molecule has 0 spiro atoms. The monoisotopic (exact) mass is 439 g/mol. The molecular weight excluding hydrogens is 405 g/mol. The lowest BCUT2D eigenvalue weighted by molar-refractivity contribution is -0.129. The van der Waals surface area contributed by atoms with Crippen LogP contribution in [0.15, 0.2) is 22.5 Å². The summed E-state index contributed by atoms with van der Waals surface area (Å²) in [7, 11) is -0.102. The van der Waals surface area contributed by atoms with E-state index in [-0.39, 0.29) is 18.2 Å². The second kappa shape index (κ2) is 14.0. The minimum Gasteiger partial charge on any atom is -0.426 e. The number of nitrogens with zero attached hydrogens (tertiary/aromatic N) is 1. The molecule has 2 amide bonds. The Morgan fingerprint density at radius 3 is 2.60 bits per heavy atom. The predicted octanol–water partition coefficient (Wildman–Crippen LogP) is 0.0227. The molecule has 11 heteroatoms. The summed E-state index contributed by atoms with van der Waals surface area (Å²) in [6.07, 6.45) is 2.23. The van der Waals surface area contributed by atoms with Gasteiger partial charge >= 0.3 is 7.12 Å². The molecule has 0 fully saturated rings. The summed E-state index contributed by atoms with van der Waals surface area (Å²) in [4.78, 5) is 30.1. The van der Waals surface area contributed by atoms with Crippen molar-refractivity contribution in [2.24, 2.45) is 16.6 Å². The van der Waals surface area contributed by atoms with Crippen molar-refractivity contribution in [3.05, 3.63) is 22.4 Å². The van der Waals surface area contributed by atoms with E-state index in [2.05, 4.69) is 20.9 Å². The molecule has 2 atom stereocenters. The van der Waals surface area contributed by atoms with E-state index < -0.39 is 25.0 Å². The van der Waals surface area contributed by atoms with Gasteiger partial charge < -0.3 is 31.7 Å². The molecule has 0 unspecified atom stereocenters. The Hall–Kier alpha value is -2.11. The topological polar surface area (TPSA) is 149 Å². The van der Waals surface area contributed by atoms with Crippen LogP contribution in [0.4, 0.5) is 0 Å². The first kappa shape index (κ1) is 25.9. The van der Waals surface area contributed by atoms with E-state index in [1.54, 1.807) is 18.4 Å². The average Bonchev–Trinajstić information content (AvgIpc) is 3.21. The minimum atomic E-state index is -1.67. The largest absolute Gasteiger partial charge is 0.475 e. The van der Waals surface area contributed by atoms with Gasteiger partial charge in [0, 0.05) is 24.9 Å². The number of nitrogens with one attached hydrogen (secondary N) is 3. The fourth-order valence-corrected chi connectivity index (χ4v) is 3.58. The summed E-state index contributed by atoms with van der Waals surface area (Å²) < 4.78 is 0. The van der Waals surface area contributed by atoms with Crippen LogP contribution < -0.4 is 21.7 Å². The van der Waals surface area contributed by atoms with Crippen LogP contribution in [0.1, 0.15) is 44.4 Å². The van der Waals surface area contributed by atoms with Gasteiger partial charge in [-0.05, 0) is 43.0 Å². The highest BCUT2D eigenvalue weighted by Crippen LogP contribution is 2.11. The Morgan fingerprint density at radius 1 is 1.30 bits per heavy atom.